The Kier molecular flexibility index (Phi) is 4.14. The van der Waals surface area contributed by atoms with Crippen molar-refractivity contribution in [1.29, 1.82) is 0 Å². The molecule has 0 bridgehead atoms. The lowest BCUT2D eigenvalue weighted by atomic mass is 10.1. The molecule has 0 saturated carbocycles. The van der Waals surface area contributed by atoms with Crippen LogP contribution in [0.5, 0.6) is 0 Å². The van der Waals surface area contributed by atoms with Gasteiger partial charge in [0.05, 0.1) is 12.1 Å². The van der Waals surface area contributed by atoms with Gasteiger partial charge in [0.15, 0.2) is 0 Å². The Morgan fingerprint density at radius 3 is 2.70 bits per heavy atom. The predicted octanol–water partition coefficient (Wildman–Crippen LogP) is 3.46. The molecule has 0 aliphatic carbocycles. The molecule has 6 heteroatoms. The molecule has 3 rings (SSSR count). The SMILES string of the molecule is O=C(Nc1ccccc1Cn1cccn1)c1ccc(F)cc1F. The summed E-state index contributed by atoms with van der Waals surface area (Å²) in [5.41, 5.74) is 1.17. The lowest BCUT2D eigenvalue weighted by molar-refractivity contribution is 0.102. The van der Waals surface area contributed by atoms with E-state index in [2.05, 4.69) is 10.4 Å². The van der Waals surface area contributed by atoms with E-state index < -0.39 is 17.5 Å². The summed E-state index contributed by atoms with van der Waals surface area (Å²) in [7, 11) is 0. The number of benzene rings is 2. The van der Waals surface area contributed by atoms with Gasteiger partial charge in [0.1, 0.15) is 11.6 Å². The van der Waals surface area contributed by atoms with Gasteiger partial charge in [-0.25, -0.2) is 8.78 Å². The minimum absolute atomic E-state index is 0.208. The molecule has 0 atom stereocenters. The van der Waals surface area contributed by atoms with Gasteiger partial charge in [0.25, 0.3) is 5.91 Å². The summed E-state index contributed by atoms with van der Waals surface area (Å²) < 4.78 is 28.3. The molecule has 1 N–H and O–H groups in total. The summed E-state index contributed by atoms with van der Waals surface area (Å²) in [5.74, 6) is -2.25. The van der Waals surface area contributed by atoms with Crippen molar-refractivity contribution in [3.05, 3.63) is 83.7 Å². The van der Waals surface area contributed by atoms with Crippen molar-refractivity contribution in [1.82, 2.24) is 9.78 Å². The van der Waals surface area contributed by atoms with E-state index in [0.717, 1.165) is 17.7 Å². The highest BCUT2D eigenvalue weighted by Gasteiger charge is 2.14. The van der Waals surface area contributed by atoms with Gasteiger partial charge in [-0.3, -0.25) is 9.48 Å². The fraction of sp³-hybridized carbons (Fsp3) is 0.0588. The Bertz CT molecular complexity index is 832. The monoisotopic (exact) mass is 313 g/mol. The highest BCUT2D eigenvalue weighted by Crippen LogP contribution is 2.18. The average molecular weight is 313 g/mol. The Labute approximate surface area is 131 Å². The van der Waals surface area contributed by atoms with Crippen LogP contribution in [0.15, 0.2) is 60.9 Å². The summed E-state index contributed by atoms with van der Waals surface area (Å²) in [5, 5.41) is 6.77. The van der Waals surface area contributed by atoms with E-state index >= 15 is 0 Å². The number of nitrogens with one attached hydrogen (secondary N) is 1. The number of anilines is 1. The molecule has 0 fully saturated rings. The maximum Gasteiger partial charge on any atom is 0.258 e. The second kappa shape index (κ2) is 6.39. The summed E-state index contributed by atoms with van der Waals surface area (Å²) in [4.78, 5) is 12.2. The van der Waals surface area contributed by atoms with Crippen LogP contribution in [0.3, 0.4) is 0 Å². The first kappa shape index (κ1) is 14.9. The fourth-order valence-electron chi connectivity index (χ4n) is 2.21. The first-order valence-electron chi connectivity index (χ1n) is 6.95. The Hall–Kier alpha value is -3.02. The Balaban J connectivity index is 1.83. The van der Waals surface area contributed by atoms with Crippen LogP contribution in [-0.2, 0) is 6.54 Å². The maximum atomic E-state index is 13.7. The minimum Gasteiger partial charge on any atom is -0.322 e. The van der Waals surface area contributed by atoms with E-state index in [9.17, 15) is 13.6 Å². The first-order valence-corrected chi connectivity index (χ1v) is 6.95. The predicted molar refractivity (Wildman–Crippen MR) is 82.1 cm³/mol. The standard InChI is InChI=1S/C17H13F2N3O/c18-13-6-7-14(15(19)10-13)17(23)21-16-5-2-1-4-12(16)11-22-9-3-8-20-22/h1-10H,11H2,(H,21,23). The van der Waals surface area contributed by atoms with E-state index in [0.29, 0.717) is 18.3 Å². The van der Waals surface area contributed by atoms with Gasteiger partial charge in [-0.05, 0) is 29.8 Å². The topological polar surface area (TPSA) is 46.9 Å². The van der Waals surface area contributed by atoms with Crippen molar-refractivity contribution in [3.63, 3.8) is 0 Å². The van der Waals surface area contributed by atoms with Crippen LogP contribution in [-0.4, -0.2) is 15.7 Å². The molecule has 116 valence electrons. The molecule has 23 heavy (non-hydrogen) atoms. The third kappa shape index (κ3) is 3.42. The Morgan fingerprint density at radius 2 is 1.96 bits per heavy atom. The smallest absolute Gasteiger partial charge is 0.258 e. The van der Waals surface area contributed by atoms with Gasteiger partial charge in [0.2, 0.25) is 0 Å². The number of nitrogens with zero attached hydrogens (tertiary/aromatic N) is 2. The van der Waals surface area contributed by atoms with Crippen molar-refractivity contribution < 1.29 is 13.6 Å². The summed E-state index contributed by atoms with van der Waals surface area (Å²) in [6, 6.07) is 11.8. The summed E-state index contributed by atoms with van der Waals surface area (Å²) >= 11 is 0. The molecule has 1 aromatic heterocycles. The number of rotatable bonds is 4. The van der Waals surface area contributed by atoms with Crippen LogP contribution >= 0.6 is 0 Å². The molecule has 0 aliphatic rings. The highest BCUT2D eigenvalue weighted by molar-refractivity contribution is 6.04. The van der Waals surface area contributed by atoms with Crippen molar-refractivity contribution in [3.8, 4) is 0 Å². The van der Waals surface area contributed by atoms with E-state index in [4.69, 9.17) is 0 Å². The second-order valence-corrected chi connectivity index (χ2v) is 4.94. The molecule has 3 aromatic rings. The van der Waals surface area contributed by atoms with Gasteiger partial charge in [-0.1, -0.05) is 18.2 Å². The van der Waals surface area contributed by atoms with Crippen molar-refractivity contribution in [2.45, 2.75) is 6.54 Å². The molecule has 0 spiro atoms. The number of para-hydroxylation sites is 1. The van der Waals surface area contributed by atoms with Crippen LogP contribution < -0.4 is 5.32 Å². The quantitative estimate of drug-likeness (QED) is 0.802. The number of carbonyl (C=O) groups is 1. The van der Waals surface area contributed by atoms with Gasteiger partial charge in [0, 0.05) is 24.1 Å². The van der Waals surface area contributed by atoms with E-state index in [1.54, 1.807) is 35.3 Å². The zero-order chi connectivity index (χ0) is 16.2. The van der Waals surface area contributed by atoms with Gasteiger partial charge in [-0.15, -0.1) is 0 Å². The van der Waals surface area contributed by atoms with Crippen molar-refractivity contribution in [2.24, 2.45) is 0 Å². The second-order valence-electron chi connectivity index (χ2n) is 4.94. The molecule has 0 saturated heterocycles. The summed E-state index contributed by atoms with van der Waals surface area (Å²) in [6.07, 6.45) is 3.47. The minimum atomic E-state index is -0.896. The number of aromatic nitrogens is 2. The number of halogens is 2. The van der Waals surface area contributed by atoms with Crippen molar-refractivity contribution >= 4 is 11.6 Å². The van der Waals surface area contributed by atoms with Gasteiger partial charge < -0.3 is 5.32 Å². The molecule has 4 nitrogen and oxygen atoms in total. The van der Waals surface area contributed by atoms with Crippen LogP contribution in [0.25, 0.3) is 0 Å². The first-order chi connectivity index (χ1) is 11.1. The van der Waals surface area contributed by atoms with E-state index in [-0.39, 0.29) is 5.56 Å². The third-order valence-electron chi connectivity index (χ3n) is 3.33. The van der Waals surface area contributed by atoms with Crippen LogP contribution in [0, 0.1) is 11.6 Å². The third-order valence-corrected chi connectivity index (χ3v) is 3.33. The fourth-order valence-corrected chi connectivity index (χ4v) is 2.21. The average Bonchev–Trinajstić information content (AvgIpc) is 3.02. The summed E-state index contributed by atoms with van der Waals surface area (Å²) in [6.45, 7) is 0.468. The zero-order valence-corrected chi connectivity index (χ0v) is 12.0. The van der Waals surface area contributed by atoms with Gasteiger partial charge >= 0.3 is 0 Å². The van der Waals surface area contributed by atoms with E-state index in [1.165, 1.54) is 0 Å². The molecule has 1 amide bonds. The molecule has 0 radical (unpaired) electrons. The molecule has 1 heterocycles. The number of amides is 1. The number of hydrogen-bond acceptors (Lipinski definition) is 2. The largest absolute Gasteiger partial charge is 0.322 e. The lowest BCUT2D eigenvalue weighted by Crippen LogP contribution is -2.16. The van der Waals surface area contributed by atoms with Gasteiger partial charge in [-0.2, -0.15) is 5.10 Å². The molecular formula is C17H13F2N3O. The van der Waals surface area contributed by atoms with Crippen LogP contribution in [0.4, 0.5) is 14.5 Å². The Morgan fingerprint density at radius 1 is 1.13 bits per heavy atom. The molecule has 2 aromatic carbocycles. The molecule has 0 aliphatic heterocycles. The van der Waals surface area contributed by atoms with Crippen LogP contribution in [0.1, 0.15) is 15.9 Å². The molecule has 0 unspecified atom stereocenters. The number of carbonyl (C=O) groups excluding carboxylic acids is 1. The highest BCUT2D eigenvalue weighted by atomic mass is 19.1. The lowest BCUT2D eigenvalue weighted by Gasteiger charge is -2.11. The van der Waals surface area contributed by atoms with Crippen molar-refractivity contribution in [2.75, 3.05) is 5.32 Å². The number of hydrogen-bond donors (Lipinski definition) is 1. The van der Waals surface area contributed by atoms with E-state index in [1.807, 2.05) is 12.1 Å². The maximum absolute atomic E-state index is 13.7. The normalized spacial score (nSPS) is 10.5. The van der Waals surface area contributed by atoms with Crippen LogP contribution in [0.2, 0.25) is 0 Å². The molecular weight excluding hydrogens is 300 g/mol. The zero-order valence-electron chi connectivity index (χ0n) is 12.0.